The van der Waals surface area contributed by atoms with Gasteiger partial charge < -0.3 is 20.6 Å². The van der Waals surface area contributed by atoms with Gasteiger partial charge >= 0.3 is 0 Å². The first-order valence-corrected chi connectivity index (χ1v) is 8.21. The number of aliphatic hydroxyl groups is 1. The quantitative estimate of drug-likeness (QED) is 0.819. The second kappa shape index (κ2) is 5.90. The number of nitrogens with two attached hydrogens (primary N) is 1. The van der Waals surface area contributed by atoms with Crippen LogP contribution in [0.3, 0.4) is 0 Å². The van der Waals surface area contributed by atoms with Crippen LogP contribution in [0.25, 0.3) is 0 Å². The molecule has 0 unspecified atom stereocenters. The van der Waals surface area contributed by atoms with Crippen LogP contribution < -0.4 is 15.5 Å². The van der Waals surface area contributed by atoms with Gasteiger partial charge in [0.25, 0.3) is 0 Å². The summed E-state index contributed by atoms with van der Waals surface area (Å²) in [6, 6.07) is 2.01. The molecule has 2 aromatic heterocycles. The largest absolute Gasteiger partial charge is 0.393 e. The number of aryl methyl sites for hydroxylation is 1. The minimum atomic E-state index is -0.211. The molecule has 2 aliphatic rings. The summed E-state index contributed by atoms with van der Waals surface area (Å²) in [5.41, 5.74) is 7.63. The molecule has 4 rings (SSSR count). The average molecular weight is 331 g/mol. The van der Waals surface area contributed by atoms with Crippen LogP contribution in [0.4, 0.5) is 17.6 Å². The van der Waals surface area contributed by atoms with Crippen LogP contribution in [0.5, 0.6) is 0 Å². The third kappa shape index (κ3) is 2.75. The zero-order chi connectivity index (χ0) is 16.7. The summed E-state index contributed by atoms with van der Waals surface area (Å²) in [6.45, 7) is 5.15. The molecule has 1 aliphatic heterocycles. The highest BCUT2D eigenvalue weighted by Crippen LogP contribution is 2.37. The third-order valence-electron chi connectivity index (χ3n) is 4.81. The Bertz CT molecular complexity index is 720. The normalized spacial score (nSPS) is 24.1. The molecule has 128 valence electrons. The van der Waals surface area contributed by atoms with Gasteiger partial charge in [0.1, 0.15) is 11.5 Å². The lowest BCUT2D eigenvalue weighted by Crippen LogP contribution is -2.47. The Balaban J connectivity index is 1.46. The molecule has 0 bridgehead atoms. The topological polar surface area (TPSA) is 117 Å². The fourth-order valence-electron chi connectivity index (χ4n) is 3.33. The molecule has 0 radical (unpaired) electrons. The fourth-order valence-corrected chi connectivity index (χ4v) is 3.33. The summed E-state index contributed by atoms with van der Waals surface area (Å²) in [6.07, 6.45) is 1.29. The summed E-state index contributed by atoms with van der Waals surface area (Å²) in [4.78, 5) is 13.1. The lowest BCUT2D eigenvalue weighted by molar-refractivity contribution is 0.0732. The van der Waals surface area contributed by atoms with Crippen LogP contribution in [0.1, 0.15) is 30.1 Å². The number of nitrogen functional groups attached to an aromatic ring is 1. The van der Waals surface area contributed by atoms with E-state index in [9.17, 15) is 5.11 Å². The van der Waals surface area contributed by atoms with Crippen molar-refractivity contribution in [1.29, 1.82) is 0 Å². The van der Waals surface area contributed by atoms with E-state index in [0.717, 1.165) is 62.0 Å². The zero-order valence-electron chi connectivity index (χ0n) is 13.6. The Hall–Kier alpha value is -2.42. The van der Waals surface area contributed by atoms with E-state index in [1.54, 1.807) is 0 Å². The average Bonchev–Trinajstić information content (AvgIpc) is 2.97. The summed E-state index contributed by atoms with van der Waals surface area (Å²) in [7, 11) is 0. The second-order valence-electron chi connectivity index (χ2n) is 6.48. The number of hydrogen-bond donors (Lipinski definition) is 2. The van der Waals surface area contributed by atoms with Gasteiger partial charge in [-0.25, -0.2) is 9.61 Å². The number of piperazine rings is 1. The molecular weight excluding hydrogens is 310 g/mol. The molecule has 1 saturated carbocycles. The summed E-state index contributed by atoms with van der Waals surface area (Å²) >= 11 is 0. The van der Waals surface area contributed by atoms with Gasteiger partial charge in [-0.2, -0.15) is 4.98 Å². The van der Waals surface area contributed by atoms with Crippen LogP contribution >= 0.6 is 0 Å². The third-order valence-corrected chi connectivity index (χ3v) is 4.81. The van der Waals surface area contributed by atoms with Crippen LogP contribution in [0.2, 0.25) is 0 Å². The number of nitrogens with zero attached hydrogens (tertiary/aromatic N) is 6. The molecule has 24 heavy (non-hydrogen) atoms. The van der Waals surface area contributed by atoms with E-state index in [-0.39, 0.29) is 12.0 Å². The smallest absolute Gasteiger partial charge is 0.222 e. The number of aliphatic hydroxyl groups excluding tert-OH is 1. The number of aromatic nitrogens is 4. The van der Waals surface area contributed by atoms with E-state index in [1.165, 1.54) is 0 Å². The van der Waals surface area contributed by atoms with Gasteiger partial charge in [-0.3, -0.25) is 0 Å². The van der Waals surface area contributed by atoms with Crippen LogP contribution in [-0.2, 0) is 0 Å². The summed E-state index contributed by atoms with van der Waals surface area (Å²) in [5, 5.41) is 17.3. The summed E-state index contributed by atoms with van der Waals surface area (Å²) < 4.78 is 4.78. The van der Waals surface area contributed by atoms with E-state index in [2.05, 4.69) is 30.1 Å². The predicted octanol–water partition coefficient (Wildman–Crippen LogP) is 0.315. The van der Waals surface area contributed by atoms with E-state index in [0.29, 0.717) is 5.95 Å². The standard InChI is InChI=1S/C15H21N7O2/c1-9-14(20-24-19-9)22-4-2-21(3-5-22)13-8-12(17-15(16)18-13)10-6-11(23)7-10/h8,10-11,23H,2-7H2,1H3,(H2,16,17,18). The highest BCUT2D eigenvalue weighted by Gasteiger charge is 2.31. The maximum atomic E-state index is 9.50. The van der Waals surface area contributed by atoms with Crippen molar-refractivity contribution >= 4 is 17.6 Å². The first kappa shape index (κ1) is 15.1. The molecule has 0 spiro atoms. The molecule has 0 aromatic carbocycles. The molecule has 9 nitrogen and oxygen atoms in total. The lowest BCUT2D eigenvalue weighted by Gasteiger charge is -2.36. The van der Waals surface area contributed by atoms with Gasteiger partial charge in [0.2, 0.25) is 5.95 Å². The van der Waals surface area contributed by atoms with Crippen molar-refractivity contribution < 1.29 is 9.74 Å². The molecular formula is C15H21N7O2. The Labute approximate surface area is 139 Å². The molecule has 0 amide bonds. The Morgan fingerprint density at radius 3 is 2.46 bits per heavy atom. The monoisotopic (exact) mass is 331 g/mol. The first-order valence-electron chi connectivity index (χ1n) is 8.21. The molecule has 0 atom stereocenters. The molecule has 9 heteroatoms. The van der Waals surface area contributed by atoms with Gasteiger partial charge in [0.15, 0.2) is 5.82 Å². The molecule has 3 N–H and O–H groups in total. The molecule has 2 fully saturated rings. The van der Waals surface area contributed by atoms with Crippen molar-refractivity contribution in [3.63, 3.8) is 0 Å². The Morgan fingerprint density at radius 2 is 1.83 bits per heavy atom. The van der Waals surface area contributed by atoms with Crippen molar-refractivity contribution in [3.8, 4) is 0 Å². The van der Waals surface area contributed by atoms with Gasteiger partial charge in [-0.05, 0) is 24.9 Å². The van der Waals surface area contributed by atoms with Crippen LogP contribution in [0, 0.1) is 6.92 Å². The SMILES string of the molecule is Cc1nonc1N1CCN(c2cc(C3CC(O)C3)nc(N)n2)CC1. The Kier molecular flexibility index (Phi) is 3.72. The number of anilines is 3. The minimum absolute atomic E-state index is 0.211. The fraction of sp³-hybridized carbons (Fsp3) is 0.600. The highest BCUT2D eigenvalue weighted by atomic mass is 16.6. The molecule has 3 heterocycles. The van der Waals surface area contributed by atoms with E-state index < -0.39 is 0 Å². The summed E-state index contributed by atoms with van der Waals surface area (Å²) in [5.74, 6) is 2.24. The number of hydrogen-bond acceptors (Lipinski definition) is 9. The predicted molar refractivity (Wildman–Crippen MR) is 87.9 cm³/mol. The highest BCUT2D eigenvalue weighted by molar-refractivity contribution is 5.48. The van der Waals surface area contributed by atoms with Gasteiger partial charge in [-0.15, -0.1) is 0 Å². The zero-order valence-corrected chi connectivity index (χ0v) is 13.6. The maximum absolute atomic E-state index is 9.50. The van der Waals surface area contributed by atoms with Crippen molar-refractivity contribution in [3.05, 3.63) is 17.5 Å². The van der Waals surface area contributed by atoms with Crippen LogP contribution in [-0.4, -0.2) is 57.7 Å². The Morgan fingerprint density at radius 1 is 1.12 bits per heavy atom. The van der Waals surface area contributed by atoms with Crippen molar-refractivity contribution in [2.24, 2.45) is 0 Å². The van der Waals surface area contributed by atoms with Gasteiger partial charge in [-0.1, -0.05) is 5.16 Å². The minimum Gasteiger partial charge on any atom is -0.393 e. The molecule has 1 saturated heterocycles. The van der Waals surface area contributed by atoms with E-state index >= 15 is 0 Å². The maximum Gasteiger partial charge on any atom is 0.222 e. The second-order valence-corrected chi connectivity index (χ2v) is 6.48. The lowest BCUT2D eigenvalue weighted by atomic mass is 9.80. The number of rotatable bonds is 3. The van der Waals surface area contributed by atoms with Crippen molar-refractivity contribution in [1.82, 2.24) is 20.3 Å². The van der Waals surface area contributed by atoms with E-state index in [4.69, 9.17) is 10.4 Å². The van der Waals surface area contributed by atoms with E-state index in [1.807, 2.05) is 13.0 Å². The van der Waals surface area contributed by atoms with Gasteiger partial charge in [0.05, 0.1) is 11.8 Å². The molecule has 2 aromatic rings. The van der Waals surface area contributed by atoms with Gasteiger partial charge in [0, 0.05) is 38.2 Å². The molecule has 1 aliphatic carbocycles. The van der Waals surface area contributed by atoms with Crippen LogP contribution in [0.15, 0.2) is 10.7 Å². The van der Waals surface area contributed by atoms with Crippen molar-refractivity contribution in [2.45, 2.75) is 31.8 Å². The first-order chi connectivity index (χ1) is 11.6. The van der Waals surface area contributed by atoms with Crippen molar-refractivity contribution in [2.75, 3.05) is 41.7 Å².